The molecular formula is C72H65F18IO9S2. The highest BCUT2D eigenvalue weighted by Gasteiger charge is 2.73. The van der Waals surface area contributed by atoms with Crippen molar-refractivity contribution in [3.8, 4) is 4.90 Å². The Labute approximate surface area is 589 Å². The molecule has 552 valence electrons. The fourth-order valence-electron chi connectivity index (χ4n) is 8.60. The fraction of sp³-hybridized carbons (Fsp3) is 0.292. The summed E-state index contributed by atoms with van der Waals surface area (Å²) in [6.07, 6.45) is -38.2. The average Bonchev–Trinajstić information content (AvgIpc) is 1.14. The summed E-state index contributed by atoms with van der Waals surface area (Å²) in [6, 6.07) is 77.5. The number of carbonyl (C=O) groups is 3. The number of hydrogen-bond donors (Lipinski definition) is 3. The van der Waals surface area contributed by atoms with Gasteiger partial charge in [-0.15, -0.1) is 0 Å². The van der Waals surface area contributed by atoms with E-state index in [2.05, 4.69) is 275 Å². The Hall–Kier alpha value is -7.91. The molecule has 0 bridgehead atoms. The van der Waals surface area contributed by atoms with E-state index in [1.165, 1.54) is 63.6 Å². The van der Waals surface area contributed by atoms with Crippen molar-refractivity contribution in [2.75, 3.05) is 0 Å². The highest BCUT2D eigenvalue weighted by molar-refractivity contribution is 7.97. The van der Waals surface area contributed by atoms with Gasteiger partial charge in [-0.25, -0.2) is 0 Å². The van der Waals surface area contributed by atoms with Crippen molar-refractivity contribution in [2.24, 2.45) is 0 Å². The van der Waals surface area contributed by atoms with Gasteiger partial charge in [-0.05, 0) is 130 Å². The zero-order valence-corrected chi connectivity index (χ0v) is 58.8. The number of aliphatic hydroxyl groups is 3. The second-order valence-corrected chi connectivity index (χ2v) is 31.9. The van der Waals surface area contributed by atoms with Gasteiger partial charge in [0, 0.05) is 21.2 Å². The van der Waals surface area contributed by atoms with Crippen molar-refractivity contribution in [1.82, 2.24) is 0 Å². The summed E-state index contributed by atoms with van der Waals surface area (Å²) in [5, 5.41) is 54.9. The molecule has 0 aliphatic carbocycles. The molecule has 1 aromatic heterocycles. The fourth-order valence-corrected chi connectivity index (χ4v) is 15.2. The number of benzene rings is 8. The second kappa shape index (κ2) is 33.2. The summed E-state index contributed by atoms with van der Waals surface area (Å²) in [7, 11) is 0.00976. The van der Waals surface area contributed by atoms with Crippen LogP contribution in [0.3, 0.4) is 0 Å². The van der Waals surface area contributed by atoms with E-state index >= 15 is 0 Å². The first-order valence-electron chi connectivity index (χ1n) is 29.5. The lowest BCUT2D eigenvalue weighted by Gasteiger charge is -2.32. The number of alkyl halides is 18. The minimum Gasteiger partial charge on any atom is -0.546 e. The molecule has 0 unspecified atom stereocenters. The molecule has 8 aromatic carbocycles. The van der Waals surface area contributed by atoms with Crippen LogP contribution in [0, 0.1) is 7.14 Å². The lowest BCUT2D eigenvalue weighted by atomic mass is 9.87. The van der Waals surface area contributed by atoms with Crippen LogP contribution in [-0.4, -0.2) is 87.1 Å². The second-order valence-electron chi connectivity index (χ2n) is 24.9. The molecule has 1 heterocycles. The number of halogens is 19. The van der Waals surface area contributed by atoms with Gasteiger partial charge in [0.2, 0.25) is 0 Å². The van der Waals surface area contributed by atoms with Crippen LogP contribution in [0.25, 0.3) is 25.1 Å². The highest BCUT2D eigenvalue weighted by atomic mass is 127. The Morgan fingerprint density at radius 2 is 0.529 bits per heavy atom. The number of fused-ring (bicyclic) bond motifs is 3. The van der Waals surface area contributed by atoms with Crippen molar-refractivity contribution in [3.05, 3.63) is 236 Å². The smallest absolute Gasteiger partial charge is 0.431 e. The molecule has 9 nitrogen and oxygen atoms in total. The SMILES string of the molecule is CC(C)(C)c1ccc([I+]c2ccc(C(C)(C)C)cc2)cc1.CC(C)(C)c1ccc([S+](c2ccccc2)c2ccccc2)cc1.O=C([O-])C(O)(C(F)(F)F)C(F)(F)F.O=C([O-])C(O)(C(F)(F)F)C(F)(F)F.O=C([O-])C(O)(C(F)(F)F)C(F)(F)F.c1ccc(-[s+]2c3ccccc3c3ccccc32)cc1. The van der Waals surface area contributed by atoms with E-state index in [0.717, 1.165) is 0 Å². The largest absolute Gasteiger partial charge is 0.546 e. The van der Waals surface area contributed by atoms with Crippen LogP contribution in [0.4, 0.5) is 79.0 Å². The summed E-state index contributed by atoms with van der Waals surface area (Å²) in [4.78, 5) is 34.0. The standard InChI is InChI=1S/C22H23S.C20H26I.C18H13S.3C4H2F6O3/c1-22(2,3)18-14-16-21(17-15-18)23(19-10-6-4-7-11-19)20-12-8-5-9-13-20;1-19(2,3)15-7-11-17(12-8-15)21-18-13-9-16(10-14-18)20(4,5)6;1-2-8-14(9-3-1)19-17-12-6-4-10-15(17)16-11-5-7-13-18(16)19;3*5-3(6,7)2(13,1(11)12)4(8,9)10/h4-17H,1-3H3;7-14H,1-6H3;1-13H;3*13H,(H,11,12)/q3*+1;;;/p-3. The molecule has 9 rings (SSSR count). The Bertz CT molecular complexity index is 3880. The molecule has 0 amide bonds. The third-order valence-electron chi connectivity index (χ3n) is 14.4. The van der Waals surface area contributed by atoms with E-state index in [1.54, 1.807) is 0 Å². The number of aliphatic carboxylic acids is 3. The quantitative estimate of drug-likeness (QED) is 0.0720. The summed E-state index contributed by atoms with van der Waals surface area (Å²) in [6.45, 7) is 20.4. The normalized spacial score (nSPS) is 12.8. The molecule has 0 aliphatic heterocycles. The monoisotopic (exact) mass is 1610 g/mol. The third kappa shape index (κ3) is 21.1. The van der Waals surface area contributed by atoms with Crippen molar-refractivity contribution in [2.45, 2.75) is 147 Å². The van der Waals surface area contributed by atoms with E-state index in [0.29, 0.717) is 0 Å². The first-order chi connectivity index (χ1) is 46.5. The molecule has 0 saturated heterocycles. The first kappa shape index (κ1) is 86.5. The van der Waals surface area contributed by atoms with Gasteiger partial charge in [-0.1, -0.05) is 178 Å². The Morgan fingerprint density at radius 3 is 0.755 bits per heavy atom. The zero-order valence-electron chi connectivity index (χ0n) is 55.0. The number of carboxylic acid groups (broad SMARTS) is 3. The molecule has 30 heteroatoms. The van der Waals surface area contributed by atoms with E-state index in [1.807, 2.05) is 0 Å². The molecule has 0 atom stereocenters. The molecular weight excluding hydrogens is 1540 g/mol. The maximum absolute atomic E-state index is 11.5. The maximum atomic E-state index is 11.5. The number of rotatable bonds is 9. The van der Waals surface area contributed by atoms with Gasteiger partial charge in [0.1, 0.15) is 0 Å². The van der Waals surface area contributed by atoms with Crippen molar-refractivity contribution in [3.63, 3.8) is 0 Å². The summed E-state index contributed by atoms with van der Waals surface area (Å²) < 4.78 is 212. The molecule has 0 fully saturated rings. The zero-order chi connectivity index (χ0) is 77.8. The van der Waals surface area contributed by atoms with Gasteiger partial charge in [0.25, 0.3) is 16.8 Å². The van der Waals surface area contributed by atoms with Crippen molar-refractivity contribution < 1.29 is 145 Å². The van der Waals surface area contributed by atoms with E-state index in [4.69, 9.17) is 15.3 Å². The van der Waals surface area contributed by atoms with E-state index in [9.17, 15) is 109 Å². The summed E-state index contributed by atoms with van der Waals surface area (Å²) in [5.41, 5.74) is -12.6. The van der Waals surface area contributed by atoms with Crippen molar-refractivity contribution in [1.29, 1.82) is 0 Å². The van der Waals surface area contributed by atoms with Gasteiger partial charge in [-0.3, -0.25) is 0 Å². The summed E-state index contributed by atoms with van der Waals surface area (Å²) in [5.74, 6) is -11.0. The van der Waals surface area contributed by atoms with E-state index in [-0.39, 0.29) is 58.8 Å². The lowest BCUT2D eigenvalue weighted by molar-refractivity contribution is -0.597. The van der Waals surface area contributed by atoms with Crippen molar-refractivity contribution >= 4 is 59.4 Å². The number of hydrogen-bond acceptors (Lipinski definition) is 9. The molecule has 0 aliphatic rings. The highest BCUT2D eigenvalue weighted by Crippen LogP contribution is 2.49. The Balaban J connectivity index is 0.000000264. The number of thiophene rings is 1. The minimum atomic E-state index is -6.37. The van der Waals surface area contributed by atoms with Gasteiger partial charge < -0.3 is 45.0 Å². The van der Waals surface area contributed by atoms with Gasteiger partial charge >= 0.3 is 58.3 Å². The Kier molecular flexibility index (Phi) is 28.2. The van der Waals surface area contributed by atoms with Gasteiger partial charge in [-0.2, -0.15) is 79.0 Å². The topological polar surface area (TPSA) is 181 Å². The van der Waals surface area contributed by atoms with Crippen LogP contribution < -0.4 is 36.5 Å². The van der Waals surface area contributed by atoms with Crippen LogP contribution in [0.15, 0.2) is 227 Å². The number of carbonyl (C=O) groups excluding carboxylic acids is 3. The lowest BCUT2D eigenvalue weighted by Crippen LogP contribution is -3.61. The third-order valence-corrected chi connectivity index (χ3v) is 21.6. The molecule has 102 heavy (non-hydrogen) atoms. The van der Waals surface area contributed by atoms with Crippen LogP contribution >= 0.6 is 10.5 Å². The predicted octanol–water partition coefficient (Wildman–Crippen LogP) is 13.0. The number of carboxylic acids is 3. The maximum Gasteiger partial charge on any atom is 0.431 e. The van der Waals surface area contributed by atoms with E-state index < -0.39 is 71.8 Å². The van der Waals surface area contributed by atoms with Crippen LogP contribution in [0.1, 0.15) is 79.0 Å². The Morgan fingerprint density at radius 1 is 0.314 bits per heavy atom. The van der Waals surface area contributed by atoms with Crippen LogP contribution in [0.5, 0.6) is 0 Å². The molecule has 3 N–H and O–H groups in total. The van der Waals surface area contributed by atoms with Crippen LogP contribution in [0.2, 0.25) is 0 Å². The first-order valence-corrected chi connectivity index (χ1v) is 34.1. The predicted molar refractivity (Wildman–Crippen MR) is 339 cm³/mol. The molecule has 9 aromatic rings. The van der Waals surface area contributed by atoms with Crippen LogP contribution in [-0.2, 0) is 41.5 Å². The molecule has 0 radical (unpaired) electrons. The molecule has 0 saturated carbocycles. The minimum absolute atomic E-state index is 0.0497. The average molecular weight is 1610 g/mol. The van der Waals surface area contributed by atoms with Gasteiger partial charge in [0.05, 0.1) is 28.8 Å². The molecule has 0 spiro atoms. The van der Waals surface area contributed by atoms with Gasteiger partial charge in [0.15, 0.2) is 36.1 Å². The summed E-state index contributed by atoms with van der Waals surface area (Å²) >= 11 is -0.0703.